The molecule has 0 saturated carbocycles. The van der Waals surface area contributed by atoms with Gasteiger partial charge in [0.05, 0.1) is 6.04 Å². The van der Waals surface area contributed by atoms with Crippen LogP contribution < -0.4 is 10.6 Å². The van der Waals surface area contributed by atoms with Gasteiger partial charge in [-0.25, -0.2) is 4.79 Å². The molecule has 1 aromatic carbocycles. The average Bonchev–Trinajstić information content (AvgIpc) is 3.10. The summed E-state index contributed by atoms with van der Waals surface area (Å²) in [7, 11) is 1.70. The van der Waals surface area contributed by atoms with Gasteiger partial charge in [0.2, 0.25) is 11.7 Å². The van der Waals surface area contributed by atoms with Gasteiger partial charge < -0.3 is 24.8 Å². The fraction of sp³-hybridized carbons (Fsp3) is 0.500. The Morgan fingerprint density at radius 3 is 2.61 bits per heavy atom. The van der Waals surface area contributed by atoms with Crippen molar-refractivity contribution in [2.24, 2.45) is 4.99 Å². The topological polar surface area (TPSA) is 105 Å². The molecular formula is C20H28ClIN6O3. The van der Waals surface area contributed by atoms with Crippen LogP contribution in [0.3, 0.4) is 0 Å². The molecule has 31 heavy (non-hydrogen) atoms. The Morgan fingerprint density at radius 1 is 1.32 bits per heavy atom. The van der Waals surface area contributed by atoms with Crippen LogP contribution in [0.2, 0.25) is 5.02 Å². The van der Waals surface area contributed by atoms with E-state index < -0.39 is 5.60 Å². The maximum Gasteiger partial charge on any atom is 0.410 e. The third-order valence-electron chi connectivity index (χ3n) is 4.30. The molecule has 1 fully saturated rings. The van der Waals surface area contributed by atoms with Crippen molar-refractivity contribution >= 4 is 47.6 Å². The molecule has 0 spiro atoms. The summed E-state index contributed by atoms with van der Waals surface area (Å²) < 4.78 is 10.7. The number of carbonyl (C=O) groups is 1. The quantitative estimate of drug-likeness (QED) is 0.327. The van der Waals surface area contributed by atoms with Crippen LogP contribution in [0, 0.1) is 0 Å². The first-order chi connectivity index (χ1) is 14.2. The van der Waals surface area contributed by atoms with E-state index in [9.17, 15) is 4.79 Å². The van der Waals surface area contributed by atoms with Crippen molar-refractivity contribution in [1.82, 2.24) is 25.7 Å². The summed E-state index contributed by atoms with van der Waals surface area (Å²) in [6.45, 7) is 7.29. The van der Waals surface area contributed by atoms with Crippen molar-refractivity contribution in [3.8, 4) is 11.4 Å². The predicted octanol–water partition coefficient (Wildman–Crippen LogP) is 3.33. The minimum Gasteiger partial charge on any atom is -0.444 e. The molecule has 0 radical (unpaired) electrons. The van der Waals surface area contributed by atoms with Crippen LogP contribution in [0.15, 0.2) is 33.8 Å². The molecule has 1 aliphatic rings. The molecule has 1 amide bonds. The monoisotopic (exact) mass is 562 g/mol. The zero-order chi connectivity index (χ0) is 21.7. The molecule has 2 aromatic rings. The number of hydrogen-bond acceptors (Lipinski definition) is 6. The maximum atomic E-state index is 12.0. The summed E-state index contributed by atoms with van der Waals surface area (Å²) in [6, 6.07) is 7.40. The lowest BCUT2D eigenvalue weighted by Crippen LogP contribution is -2.63. The smallest absolute Gasteiger partial charge is 0.410 e. The Balaban J connectivity index is 0.00000341. The molecule has 2 heterocycles. The molecular weight excluding hydrogens is 535 g/mol. The van der Waals surface area contributed by atoms with Crippen molar-refractivity contribution in [3.63, 3.8) is 0 Å². The molecule has 9 nitrogen and oxygen atoms in total. The largest absolute Gasteiger partial charge is 0.444 e. The van der Waals surface area contributed by atoms with Crippen molar-refractivity contribution in [3.05, 3.63) is 35.2 Å². The zero-order valence-corrected chi connectivity index (χ0v) is 21.1. The highest BCUT2D eigenvalue weighted by Gasteiger charge is 2.34. The van der Waals surface area contributed by atoms with Crippen LogP contribution in [-0.4, -0.2) is 65.4 Å². The Hall–Kier alpha value is -2.08. The van der Waals surface area contributed by atoms with Gasteiger partial charge in [0.25, 0.3) is 0 Å². The molecule has 0 unspecified atom stereocenters. The van der Waals surface area contributed by atoms with E-state index >= 15 is 0 Å². The highest BCUT2D eigenvalue weighted by atomic mass is 127. The molecule has 0 aliphatic carbocycles. The fourth-order valence-corrected chi connectivity index (χ4v) is 2.92. The molecule has 3 rings (SSSR count). The number of ether oxygens (including phenoxy) is 1. The summed E-state index contributed by atoms with van der Waals surface area (Å²) in [4.78, 5) is 22.3. The van der Waals surface area contributed by atoms with Crippen molar-refractivity contribution < 1.29 is 14.1 Å². The van der Waals surface area contributed by atoms with Gasteiger partial charge >= 0.3 is 6.09 Å². The normalized spacial score (nSPS) is 14.5. The standard InChI is InChI=1S/C20H27ClN6O3.HI/c1-20(2,3)29-19(28)27-11-15(12-27)24-18(22-4)23-10-9-16-25-17(26-30-16)13-5-7-14(21)8-6-13;/h5-8,15H,9-12H2,1-4H3,(H2,22,23,24);1H. The van der Waals surface area contributed by atoms with Crippen molar-refractivity contribution in [2.75, 3.05) is 26.7 Å². The number of likely N-dealkylation sites (tertiary alicyclic amines) is 1. The number of benzene rings is 1. The molecule has 170 valence electrons. The Labute approximate surface area is 204 Å². The van der Waals surface area contributed by atoms with E-state index in [0.29, 0.717) is 48.8 Å². The first-order valence-electron chi connectivity index (χ1n) is 9.77. The second kappa shape index (κ2) is 11.0. The third-order valence-corrected chi connectivity index (χ3v) is 4.55. The van der Waals surface area contributed by atoms with Crippen molar-refractivity contribution in [1.29, 1.82) is 0 Å². The number of aliphatic imine (C=N–C) groups is 1. The van der Waals surface area contributed by atoms with Gasteiger partial charge in [-0.15, -0.1) is 24.0 Å². The van der Waals surface area contributed by atoms with Gasteiger partial charge in [-0.2, -0.15) is 4.98 Å². The van der Waals surface area contributed by atoms with Crippen LogP contribution in [0.25, 0.3) is 11.4 Å². The number of aromatic nitrogens is 2. The maximum absolute atomic E-state index is 12.0. The summed E-state index contributed by atoms with van der Waals surface area (Å²) in [5, 5.41) is 11.2. The van der Waals surface area contributed by atoms with Crippen LogP contribution in [0.5, 0.6) is 0 Å². The van der Waals surface area contributed by atoms with Crippen LogP contribution >= 0.6 is 35.6 Å². The van der Waals surface area contributed by atoms with Gasteiger partial charge in [-0.1, -0.05) is 16.8 Å². The van der Waals surface area contributed by atoms with Gasteiger partial charge in [0.15, 0.2) is 5.96 Å². The van der Waals surface area contributed by atoms with E-state index in [2.05, 4.69) is 25.8 Å². The predicted molar refractivity (Wildman–Crippen MR) is 130 cm³/mol. The average molecular weight is 563 g/mol. The van der Waals surface area contributed by atoms with Crippen molar-refractivity contribution in [2.45, 2.75) is 38.8 Å². The van der Waals surface area contributed by atoms with Gasteiger partial charge in [-0.05, 0) is 45.0 Å². The number of rotatable bonds is 5. The Bertz CT molecular complexity index is 891. The van der Waals surface area contributed by atoms with E-state index in [1.165, 1.54) is 0 Å². The van der Waals surface area contributed by atoms with Gasteiger partial charge in [0.1, 0.15) is 5.60 Å². The molecule has 2 N–H and O–H groups in total. The second-order valence-corrected chi connectivity index (χ2v) is 8.43. The van der Waals surface area contributed by atoms with E-state index in [1.54, 1.807) is 24.1 Å². The number of nitrogens with zero attached hydrogens (tertiary/aromatic N) is 4. The summed E-state index contributed by atoms with van der Waals surface area (Å²) in [5.41, 5.74) is 0.356. The van der Waals surface area contributed by atoms with E-state index in [-0.39, 0.29) is 36.1 Å². The number of amides is 1. The molecule has 0 atom stereocenters. The molecule has 0 bridgehead atoms. The van der Waals surface area contributed by atoms with Gasteiger partial charge in [0, 0.05) is 43.7 Å². The lowest BCUT2D eigenvalue weighted by molar-refractivity contribution is 0.00701. The highest BCUT2D eigenvalue weighted by molar-refractivity contribution is 14.0. The van der Waals surface area contributed by atoms with E-state index in [4.69, 9.17) is 20.9 Å². The Kier molecular flexibility index (Phi) is 8.92. The molecule has 1 aromatic heterocycles. The summed E-state index contributed by atoms with van der Waals surface area (Å²) >= 11 is 5.90. The first-order valence-corrected chi connectivity index (χ1v) is 10.1. The second-order valence-electron chi connectivity index (χ2n) is 7.99. The SMILES string of the molecule is CN=C(NCCc1nc(-c2ccc(Cl)cc2)no1)NC1CN(C(=O)OC(C)(C)C)C1.I. The number of carbonyl (C=O) groups excluding carboxylic acids is 1. The fourth-order valence-electron chi connectivity index (χ4n) is 2.79. The summed E-state index contributed by atoms with van der Waals surface area (Å²) in [6.07, 6.45) is 0.257. The number of nitrogens with one attached hydrogen (secondary N) is 2. The molecule has 1 aliphatic heterocycles. The highest BCUT2D eigenvalue weighted by Crippen LogP contribution is 2.19. The van der Waals surface area contributed by atoms with Crippen LogP contribution in [0.4, 0.5) is 4.79 Å². The number of hydrogen-bond donors (Lipinski definition) is 2. The van der Waals surface area contributed by atoms with E-state index in [1.807, 2.05) is 32.9 Å². The zero-order valence-electron chi connectivity index (χ0n) is 18.0. The lowest BCUT2D eigenvalue weighted by Gasteiger charge is -2.40. The third kappa shape index (κ3) is 7.53. The summed E-state index contributed by atoms with van der Waals surface area (Å²) in [5.74, 6) is 1.71. The minimum absolute atomic E-state index is 0. The minimum atomic E-state index is -0.491. The van der Waals surface area contributed by atoms with Gasteiger partial charge in [-0.3, -0.25) is 4.99 Å². The van der Waals surface area contributed by atoms with E-state index in [0.717, 1.165) is 5.56 Å². The lowest BCUT2D eigenvalue weighted by atomic mass is 10.1. The first kappa shape index (κ1) is 25.2. The van der Waals surface area contributed by atoms with Crippen LogP contribution in [0.1, 0.15) is 26.7 Å². The number of guanidine groups is 1. The Morgan fingerprint density at radius 2 is 2.00 bits per heavy atom. The number of halogens is 2. The molecule has 1 saturated heterocycles. The van der Waals surface area contributed by atoms with Crippen LogP contribution in [-0.2, 0) is 11.2 Å². The molecule has 11 heteroatoms.